The fourth-order valence-electron chi connectivity index (χ4n) is 0.315. The van der Waals surface area contributed by atoms with Crippen LogP contribution >= 0.6 is 38.2 Å². The van der Waals surface area contributed by atoms with Crippen molar-refractivity contribution >= 4 is 56.4 Å². The molecule has 0 fully saturated rings. The first-order valence-corrected chi connectivity index (χ1v) is 7.65. The Labute approximate surface area is 85.3 Å². The van der Waals surface area contributed by atoms with Crippen LogP contribution < -0.4 is 0 Å². The van der Waals surface area contributed by atoms with Gasteiger partial charge in [0.15, 0.2) is 0 Å². The topological polar surface area (TPSA) is 88.3 Å². The quantitative estimate of drug-likeness (QED) is 0.444. The van der Waals surface area contributed by atoms with Crippen molar-refractivity contribution in [2.24, 2.45) is 14.3 Å². The van der Waals surface area contributed by atoms with E-state index in [-0.39, 0.29) is 0 Å². The van der Waals surface area contributed by atoms with Gasteiger partial charge in [-0.05, 0) is 0 Å². The Kier molecular flexibility index (Phi) is 2.86. The van der Waals surface area contributed by atoms with Crippen LogP contribution in [0.5, 0.6) is 0 Å². The summed E-state index contributed by atoms with van der Waals surface area (Å²) >= 11 is 16.0. The molecule has 13 heavy (non-hydrogen) atoms. The molecule has 0 radical (unpaired) electrons. The van der Waals surface area contributed by atoms with Crippen molar-refractivity contribution in [3.05, 3.63) is 0 Å². The number of halogens is 3. The van der Waals surface area contributed by atoms with E-state index in [4.69, 9.17) is 33.7 Å². The second-order valence-electron chi connectivity index (χ2n) is 1.71. The molecular formula is C3Cl3N3O3P-. The van der Waals surface area contributed by atoms with Crippen molar-refractivity contribution in [2.45, 2.75) is 0 Å². The molecular weight excluding hydrogens is 263 g/mol. The average Bonchev–Trinajstić information content (AvgIpc) is 1.84. The standard InChI is InChI=1S/C3Cl3N3O3P/c4-13(5,6,7-1-10,8-2-11)9-3-12/q-1. The first-order chi connectivity index (χ1) is 5.71. The summed E-state index contributed by atoms with van der Waals surface area (Å²) in [7, 11) is 0. The number of isocyanates is 3. The van der Waals surface area contributed by atoms with E-state index in [1.807, 2.05) is 0 Å². The summed E-state index contributed by atoms with van der Waals surface area (Å²) in [4.78, 5) is 29.7. The number of carbonyl (C=O) groups excluding carboxylic acids is 3. The van der Waals surface area contributed by atoms with Crippen molar-refractivity contribution in [3.63, 3.8) is 0 Å². The second kappa shape index (κ2) is 2.98. The summed E-state index contributed by atoms with van der Waals surface area (Å²) in [6.07, 6.45) is 2.56. The third-order valence-corrected chi connectivity index (χ3v) is 4.23. The second-order valence-corrected chi connectivity index (χ2v) is 13.3. The van der Waals surface area contributed by atoms with E-state index in [1.165, 1.54) is 0 Å². The van der Waals surface area contributed by atoms with Gasteiger partial charge in [0.1, 0.15) is 0 Å². The molecule has 0 atom stereocenters. The van der Waals surface area contributed by atoms with Gasteiger partial charge in [-0.2, -0.15) is 0 Å². The van der Waals surface area contributed by atoms with Crippen LogP contribution in [0.3, 0.4) is 0 Å². The van der Waals surface area contributed by atoms with Crippen LogP contribution in [0.2, 0.25) is 0 Å². The maximum atomic E-state index is 9.89. The van der Waals surface area contributed by atoms with Gasteiger partial charge in [0.25, 0.3) is 0 Å². The third-order valence-electron chi connectivity index (χ3n) is 0.731. The first-order valence-electron chi connectivity index (χ1n) is 2.39. The molecule has 0 saturated heterocycles. The molecule has 0 saturated carbocycles. The zero-order chi connectivity index (χ0) is 10.7. The summed E-state index contributed by atoms with van der Waals surface area (Å²) in [5, 5.41) is 0. The van der Waals surface area contributed by atoms with Gasteiger partial charge in [-0.15, -0.1) is 0 Å². The van der Waals surface area contributed by atoms with Crippen molar-refractivity contribution in [2.75, 3.05) is 0 Å². The Balaban J connectivity index is 6.10. The van der Waals surface area contributed by atoms with E-state index in [0.717, 1.165) is 18.2 Å². The number of hydrogen-bond acceptors (Lipinski definition) is 6. The molecule has 0 heterocycles. The Morgan fingerprint density at radius 3 is 1.15 bits per heavy atom. The molecule has 0 aliphatic heterocycles. The normalized spacial score (nSPS) is 15.0. The maximum absolute atomic E-state index is 9.89. The predicted octanol–water partition coefficient (Wildman–Crippen LogP) is 2.29. The Morgan fingerprint density at radius 2 is 1.00 bits per heavy atom. The summed E-state index contributed by atoms with van der Waals surface area (Å²) in [5.74, 6) is 0. The zero-order valence-corrected chi connectivity index (χ0v) is 8.81. The van der Waals surface area contributed by atoms with E-state index in [1.54, 1.807) is 0 Å². The minimum atomic E-state index is -5.86. The summed E-state index contributed by atoms with van der Waals surface area (Å²) < 4.78 is 2.15. The molecule has 6 nitrogen and oxygen atoms in total. The summed E-state index contributed by atoms with van der Waals surface area (Å²) in [6.45, 7) is 0. The van der Waals surface area contributed by atoms with Crippen LogP contribution in [0.1, 0.15) is 0 Å². The van der Waals surface area contributed by atoms with Crippen molar-refractivity contribution < 1.29 is 14.4 Å². The Hall–Kier alpha value is -0.560. The summed E-state index contributed by atoms with van der Waals surface area (Å²) in [6, 6.07) is 0. The molecule has 0 amide bonds. The fourth-order valence-corrected chi connectivity index (χ4v) is 1.78. The van der Waals surface area contributed by atoms with Crippen molar-refractivity contribution in [1.29, 1.82) is 0 Å². The van der Waals surface area contributed by atoms with Gasteiger partial charge in [-0.25, -0.2) is 0 Å². The van der Waals surface area contributed by atoms with Crippen molar-refractivity contribution in [1.82, 2.24) is 0 Å². The number of hydrogen-bond donors (Lipinski definition) is 0. The van der Waals surface area contributed by atoms with Gasteiger partial charge in [-0.1, -0.05) is 0 Å². The van der Waals surface area contributed by atoms with E-state index in [2.05, 4.69) is 14.3 Å². The predicted molar refractivity (Wildman–Crippen MR) is 48.8 cm³/mol. The third kappa shape index (κ3) is 3.35. The van der Waals surface area contributed by atoms with Gasteiger partial charge in [0, 0.05) is 0 Å². The molecule has 0 aromatic carbocycles. The fraction of sp³-hybridized carbons (Fsp3) is 0. The van der Waals surface area contributed by atoms with Gasteiger partial charge in [0.05, 0.1) is 0 Å². The van der Waals surface area contributed by atoms with Gasteiger partial charge in [0.2, 0.25) is 0 Å². The van der Waals surface area contributed by atoms with Crippen LogP contribution in [-0.2, 0) is 14.4 Å². The van der Waals surface area contributed by atoms with E-state index >= 15 is 0 Å². The zero-order valence-electron chi connectivity index (χ0n) is 5.65. The van der Waals surface area contributed by atoms with Gasteiger partial charge >= 0.3 is 85.1 Å². The van der Waals surface area contributed by atoms with Crippen LogP contribution in [0, 0.1) is 0 Å². The Morgan fingerprint density at radius 1 is 0.769 bits per heavy atom. The minimum absolute atomic E-state index is 0.854. The van der Waals surface area contributed by atoms with Crippen molar-refractivity contribution in [3.8, 4) is 0 Å². The van der Waals surface area contributed by atoms with Gasteiger partial charge < -0.3 is 0 Å². The monoisotopic (exact) mass is 262 g/mol. The molecule has 0 aromatic rings. The summed E-state index contributed by atoms with van der Waals surface area (Å²) in [5.41, 5.74) is 0. The van der Waals surface area contributed by atoms with E-state index in [0.29, 0.717) is 0 Å². The number of nitrogens with zero attached hydrogens (tertiary/aromatic N) is 3. The molecule has 0 aliphatic carbocycles. The Bertz CT molecular complexity index is 335. The molecule has 0 unspecified atom stereocenters. The van der Waals surface area contributed by atoms with E-state index < -0.39 is 4.45 Å². The average molecular weight is 263 g/mol. The SMILES string of the molecule is O=C=N[P-](Cl)(Cl)(Cl)(N=C=O)N=C=O. The van der Waals surface area contributed by atoms with Crippen LogP contribution in [0.25, 0.3) is 0 Å². The van der Waals surface area contributed by atoms with Crippen LogP contribution in [0.15, 0.2) is 14.3 Å². The molecule has 10 heteroatoms. The molecule has 0 aromatic heterocycles. The first kappa shape index (κ1) is 12.4. The van der Waals surface area contributed by atoms with Crippen LogP contribution in [0.4, 0.5) is 0 Å². The van der Waals surface area contributed by atoms with Gasteiger partial charge in [-0.3, -0.25) is 0 Å². The number of rotatable bonds is 3. The van der Waals surface area contributed by atoms with E-state index in [9.17, 15) is 14.4 Å². The van der Waals surface area contributed by atoms with Crippen LogP contribution in [-0.4, -0.2) is 18.2 Å². The molecule has 0 rings (SSSR count). The molecule has 0 bridgehead atoms. The molecule has 0 spiro atoms. The molecule has 0 N–H and O–H groups in total. The molecule has 0 aliphatic rings. The molecule has 72 valence electrons.